The predicted octanol–water partition coefficient (Wildman–Crippen LogP) is 1.80. The molecule has 64 valence electrons. The third-order valence-corrected chi connectivity index (χ3v) is 2.53. The second kappa shape index (κ2) is 3.73. The Morgan fingerprint density at radius 1 is 1.27 bits per heavy atom. The molecule has 0 fully saturated rings. The van der Waals surface area contributed by atoms with Crippen LogP contribution in [0.1, 0.15) is 27.7 Å². The molecule has 0 rings (SSSR count). The maximum atomic E-state index is 9.09. The third-order valence-electron chi connectivity index (χ3n) is 2.53. The van der Waals surface area contributed by atoms with E-state index < -0.39 is 5.41 Å². The highest BCUT2D eigenvalue weighted by Crippen LogP contribution is 2.34. The maximum absolute atomic E-state index is 9.09. The molecule has 0 aliphatic carbocycles. The Hall–Kier alpha value is -0.550. The molecule has 0 radical (unpaired) electrons. The highest BCUT2D eigenvalue weighted by atomic mass is 16.3. The summed E-state index contributed by atoms with van der Waals surface area (Å²) < 4.78 is 0. The van der Waals surface area contributed by atoms with E-state index in [1.54, 1.807) is 0 Å². The van der Waals surface area contributed by atoms with Crippen molar-refractivity contribution in [2.75, 3.05) is 6.61 Å². The minimum Gasteiger partial charge on any atom is -0.395 e. The van der Waals surface area contributed by atoms with Gasteiger partial charge in [-0.2, -0.15) is 5.26 Å². The summed E-state index contributed by atoms with van der Waals surface area (Å²) in [5.41, 5.74) is -0.556. The van der Waals surface area contributed by atoms with Gasteiger partial charge in [0.2, 0.25) is 0 Å². The van der Waals surface area contributed by atoms with E-state index in [0.717, 1.165) is 0 Å². The minimum atomic E-state index is -0.556. The molecule has 0 saturated carbocycles. The first-order chi connectivity index (χ1) is 5.01. The number of aliphatic hydroxyl groups excluding tert-OH is 1. The van der Waals surface area contributed by atoms with E-state index in [2.05, 4.69) is 6.07 Å². The Morgan fingerprint density at radius 3 is 1.64 bits per heavy atom. The van der Waals surface area contributed by atoms with E-state index in [1.165, 1.54) is 0 Å². The van der Waals surface area contributed by atoms with Crippen molar-refractivity contribution in [3.63, 3.8) is 0 Å². The zero-order chi connectivity index (χ0) is 9.07. The number of nitriles is 1. The summed E-state index contributed by atoms with van der Waals surface area (Å²) in [6.07, 6.45) is 0. The van der Waals surface area contributed by atoms with Crippen molar-refractivity contribution in [1.82, 2.24) is 0 Å². The van der Waals surface area contributed by atoms with Gasteiger partial charge in [0, 0.05) is 0 Å². The Morgan fingerprint density at radius 2 is 1.64 bits per heavy atom. The number of rotatable bonds is 3. The van der Waals surface area contributed by atoms with E-state index in [0.29, 0.717) is 0 Å². The molecule has 0 saturated heterocycles. The molecule has 1 N–H and O–H groups in total. The van der Waals surface area contributed by atoms with Crippen LogP contribution in [0.25, 0.3) is 0 Å². The van der Waals surface area contributed by atoms with Crippen LogP contribution < -0.4 is 0 Å². The fourth-order valence-electron chi connectivity index (χ4n) is 1.33. The first kappa shape index (κ1) is 10.4. The summed E-state index contributed by atoms with van der Waals surface area (Å²) in [4.78, 5) is 0. The Kier molecular flexibility index (Phi) is 3.54. The van der Waals surface area contributed by atoms with Crippen LogP contribution in [0.15, 0.2) is 0 Å². The smallest absolute Gasteiger partial charge is 0.0849 e. The number of nitrogens with zero attached hydrogens (tertiary/aromatic N) is 1. The predicted molar refractivity (Wildman–Crippen MR) is 44.8 cm³/mol. The van der Waals surface area contributed by atoms with Crippen molar-refractivity contribution in [3.05, 3.63) is 0 Å². The molecule has 0 bridgehead atoms. The zero-order valence-electron chi connectivity index (χ0n) is 7.76. The summed E-state index contributed by atoms with van der Waals surface area (Å²) in [5.74, 6) is 0.412. The van der Waals surface area contributed by atoms with Gasteiger partial charge in [-0.1, -0.05) is 27.7 Å². The summed E-state index contributed by atoms with van der Waals surface area (Å²) >= 11 is 0. The van der Waals surface area contributed by atoms with E-state index in [9.17, 15) is 0 Å². The second-order valence-corrected chi connectivity index (χ2v) is 3.62. The molecule has 0 spiro atoms. The molecule has 0 aliphatic rings. The number of hydrogen-bond acceptors (Lipinski definition) is 2. The summed E-state index contributed by atoms with van der Waals surface area (Å²) in [7, 11) is 0. The molecule has 0 heterocycles. The normalized spacial score (nSPS) is 12.2. The lowest BCUT2D eigenvalue weighted by atomic mass is 9.71. The summed E-state index contributed by atoms with van der Waals surface area (Å²) in [6.45, 7) is 7.84. The standard InChI is InChI=1S/C9H17NO/c1-7(2)9(5-10,6-11)8(3)4/h7-8,11H,6H2,1-4H3. The highest BCUT2D eigenvalue weighted by molar-refractivity contribution is 5.02. The topological polar surface area (TPSA) is 44.0 Å². The Bertz CT molecular complexity index is 147. The van der Waals surface area contributed by atoms with Crippen molar-refractivity contribution in [3.8, 4) is 6.07 Å². The lowest BCUT2D eigenvalue weighted by Gasteiger charge is -2.32. The van der Waals surface area contributed by atoms with Crippen LogP contribution in [0.2, 0.25) is 0 Å². The molecular weight excluding hydrogens is 138 g/mol. The van der Waals surface area contributed by atoms with Crippen LogP contribution >= 0.6 is 0 Å². The van der Waals surface area contributed by atoms with Crippen molar-refractivity contribution >= 4 is 0 Å². The van der Waals surface area contributed by atoms with Gasteiger partial charge in [-0.25, -0.2) is 0 Å². The quantitative estimate of drug-likeness (QED) is 0.675. The molecule has 0 aromatic rings. The zero-order valence-corrected chi connectivity index (χ0v) is 7.76. The van der Waals surface area contributed by atoms with Gasteiger partial charge in [0.25, 0.3) is 0 Å². The molecule has 0 aromatic carbocycles. The Balaban J connectivity index is 4.65. The van der Waals surface area contributed by atoms with Crippen LogP contribution in [0.5, 0.6) is 0 Å². The summed E-state index contributed by atoms with van der Waals surface area (Å²) in [5, 5.41) is 18.0. The van der Waals surface area contributed by atoms with Gasteiger partial charge in [-0.3, -0.25) is 0 Å². The van der Waals surface area contributed by atoms with Crippen LogP contribution in [0.4, 0.5) is 0 Å². The van der Waals surface area contributed by atoms with Crippen LogP contribution in [-0.4, -0.2) is 11.7 Å². The molecule has 2 heteroatoms. The lowest BCUT2D eigenvalue weighted by molar-refractivity contribution is 0.0847. The van der Waals surface area contributed by atoms with Gasteiger partial charge in [-0.05, 0) is 11.8 Å². The first-order valence-corrected chi connectivity index (χ1v) is 4.03. The van der Waals surface area contributed by atoms with Crippen LogP contribution in [0, 0.1) is 28.6 Å². The monoisotopic (exact) mass is 155 g/mol. The molecule has 11 heavy (non-hydrogen) atoms. The maximum Gasteiger partial charge on any atom is 0.0849 e. The van der Waals surface area contributed by atoms with E-state index in [4.69, 9.17) is 10.4 Å². The van der Waals surface area contributed by atoms with Gasteiger partial charge in [0.15, 0.2) is 0 Å². The average Bonchev–Trinajstić information content (AvgIpc) is 1.90. The third kappa shape index (κ3) is 1.72. The number of hydrogen-bond donors (Lipinski definition) is 1. The lowest BCUT2D eigenvalue weighted by Crippen LogP contribution is -2.35. The average molecular weight is 155 g/mol. The van der Waals surface area contributed by atoms with E-state index in [1.807, 2.05) is 27.7 Å². The minimum absolute atomic E-state index is 0.0428. The molecule has 0 amide bonds. The van der Waals surface area contributed by atoms with Crippen LogP contribution in [0.3, 0.4) is 0 Å². The van der Waals surface area contributed by atoms with E-state index in [-0.39, 0.29) is 18.4 Å². The molecule has 0 unspecified atom stereocenters. The van der Waals surface area contributed by atoms with Gasteiger partial charge >= 0.3 is 0 Å². The summed E-state index contributed by atoms with van der Waals surface area (Å²) in [6, 6.07) is 2.21. The molecule has 0 aliphatic heterocycles. The molecule has 0 aromatic heterocycles. The van der Waals surface area contributed by atoms with Gasteiger partial charge in [0.05, 0.1) is 18.1 Å². The van der Waals surface area contributed by atoms with Crippen molar-refractivity contribution in [2.24, 2.45) is 17.3 Å². The van der Waals surface area contributed by atoms with Gasteiger partial charge < -0.3 is 5.11 Å². The van der Waals surface area contributed by atoms with Gasteiger partial charge in [0.1, 0.15) is 0 Å². The van der Waals surface area contributed by atoms with Crippen molar-refractivity contribution in [1.29, 1.82) is 5.26 Å². The first-order valence-electron chi connectivity index (χ1n) is 4.03. The van der Waals surface area contributed by atoms with Crippen molar-refractivity contribution in [2.45, 2.75) is 27.7 Å². The molecule has 0 atom stereocenters. The largest absolute Gasteiger partial charge is 0.395 e. The van der Waals surface area contributed by atoms with Crippen LogP contribution in [-0.2, 0) is 0 Å². The number of aliphatic hydroxyl groups is 1. The van der Waals surface area contributed by atoms with Gasteiger partial charge in [-0.15, -0.1) is 0 Å². The highest BCUT2D eigenvalue weighted by Gasteiger charge is 2.36. The molecular formula is C9H17NO. The fourth-order valence-corrected chi connectivity index (χ4v) is 1.33. The second-order valence-electron chi connectivity index (χ2n) is 3.62. The SMILES string of the molecule is CC(C)C(C#N)(CO)C(C)C. The Labute approximate surface area is 68.8 Å². The fraction of sp³-hybridized carbons (Fsp3) is 0.889. The van der Waals surface area contributed by atoms with E-state index >= 15 is 0 Å². The molecule has 2 nitrogen and oxygen atoms in total. The van der Waals surface area contributed by atoms with Crippen molar-refractivity contribution < 1.29 is 5.11 Å².